The van der Waals surface area contributed by atoms with Crippen LogP contribution >= 0.6 is 22.9 Å². The molecule has 4 rings (SSSR count). The molecule has 1 N–H and O–H groups in total. The third-order valence-electron chi connectivity index (χ3n) is 4.95. The highest BCUT2D eigenvalue weighted by Crippen LogP contribution is 2.25. The summed E-state index contributed by atoms with van der Waals surface area (Å²) in [5, 5.41) is 5.99. The highest BCUT2D eigenvalue weighted by molar-refractivity contribution is 7.14. The smallest absolute Gasteiger partial charge is 0.323 e. The van der Waals surface area contributed by atoms with Gasteiger partial charge in [-0.15, -0.1) is 11.3 Å². The molecule has 1 aliphatic heterocycles. The van der Waals surface area contributed by atoms with E-state index in [1.54, 1.807) is 34.1 Å². The summed E-state index contributed by atoms with van der Waals surface area (Å²) < 4.78 is 0. The number of carbonyl (C=O) groups excluding carboxylic acids is 2. The average Bonchev–Trinajstić information content (AvgIpc) is 3.09. The van der Waals surface area contributed by atoms with Crippen molar-refractivity contribution in [3.63, 3.8) is 0 Å². The van der Waals surface area contributed by atoms with Gasteiger partial charge in [-0.2, -0.15) is 0 Å². The molecule has 3 aromatic rings. The summed E-state index contributed by atoms with van der Waals surface area (Å²) in [6.45, 7) is 2.16. The molecule has 0 radical (unpaired) electrons. The van der Waals surface area contributed by atoms with Gasteiger partial charge in [-0.05, 0) is 30.7 Å². The number of halogens is 1. The highest BCUT2D eigenvalue weighted by Gasteiger charge is 2.23. The van der Waals surface area contributed by atoms with E-state index in [0.717, 1.165) is 17.7 Å². The number of carbonyl (C=O) groups is 2. The molecule has 8 heteroatoms. The molecule has 3 amide bonds. The minimum Gasteiger partial charge on any atom is -0.337 e. The number of amides is 3. The van der Waals surface area contributed by atoms with E-state index in [1.165, 1.54) is 11.3 Å². The molecule has 1 fully saturated rings. The lowest BCUT2D eigenvalue weighted by atomic mass is 10.2. The van der Waals surface area contributed by atoms with Gasteiger partial charge in [0.05, 0.1) is 5.69 Å². The summed E-state index contributed by atoms with van der Waals surface area (Å²) in [5.41, 5.74) is 2.46. The maximum absolute atomic E-state index is 12.7. The van der Waals surface area contributed by atoms with Crippen molar-refractivity contribution >= 4 is 40.0 Å². The minimum absolute atomic E-state index is 0.0404. The summed E-state index contributed by atoms with van der Waals surface area (Å²) >= 11 is 7.31. The number of anilines is 1. The second-order valence-electron chi connectivity index (χ2n) is 6.97. The van der Waals surface area contributed by atoms with Crippen molar-refractivity contribution < 1.29 is 9.59 Å². The van der Waals surface area contributed by atoms with Crippen molar-refractivity contribution in [1.29, 1.82) is 0 Å². The molecule has 1 saturated heterocycles. The molecule has 2 aromatic carbocycles. The van der Waals surface area contributed by atoms with Crippen LogP contribution in [-0.4, -0.2) is 52.9 Å². The van der Waals surface area contributed by atoms with Crippen molar-refractivity contribution in [3.05, 3.63) is 70.6 Å². The number of nitrogens with one attached hydrogen (secondary N) is 1. The molecule has 0 bridgehead atoms. The van der Waals surface area contributed by atoms with E-state index < -0.39 is 0 Å². The lowest BCUT2D eigenvalue weighted by Crippen LogP contribution is -2.39. The Kier molecular flexibility index (Phi) is 6.30. The van der Waals surface area contributed by atoms with Gasteiger partial charge in [0.2, 0.25) is 0 Å². The largest absolute Gasteiger partial charge is 0.337 e. The Hall–Kier alpha value is -2.90. The Morgan fingerprint density at radius 1 is 0.933 bits per heavy atom. The van der Waals surface area contributed by atoms with Gasteiger partial charge in [0.15, 0.2) is 5.13 Å². The number of urea groups is 1. The van der Waals surface area contributed by atoms with Crippen LogP contribution in [0, 0.1) is 0 Å². The quantitative estimate of drug-likeness (QED) is 0.633. The summed E-state index contributed by atoms with van der Waals surface area (Å²) in [5.74, 6) is -0.0404. The number of thiazole rings is 1. The van der Waals surface area contributed by atoms with Gasteiger partial charge in [-0.3, -0.25) is 10.1 Å². The van der Waals surface area contributed by atoms with Crippen LogP contribution in [0.25, 0.3) is 11.3 Å². The lowest BCUT2D eigenvalue weighted by Gasteiger charge is -2.22. The average molecular weight is 441 g/mol. The fraction of sp³-hybridized carbons (Fsp3) is 0.227. The van der Waals surface area contributed by atoms with Gasteiger partial charge in [0.1, 0.15) is 0 Å². The maximum atomic E-state index is 12.7. The van der Waals surface area contributed by atoms with Crippen LogP contribution in [0.1, 0.15) is 16.8 Å². The van der Waals surface area contributed by atoms with Crippen molar-refractivity contribution in [3.8, 4) is 11.3 Å². The monoisotopic (exact) mass is 440 g/mol. The SMILES string of the molecule is O=C(Nc1nc(-c2ccccc2)cs1)N1CCCN(C(=O)c2ccc(Cl)cc2)CC1. The first-order chi connectivity index (χ1) is 14.6. The van der Waals surface area contributed by atoms with E-state index in [9.17, 15) is 9.59 Å². The van der Waals surface area contributed by atoms with Crippen LogP contribution in [-0.2, 0) is 0 Å². The normalized spacial score (nSPS) is 14.3. The van der Waals surface area contributed by atoms with E-state index >= 15 is 0 Å². The third kappa shape index (κ3) is 4.80. The van der Waals surface area contributed by atoms with E-state index in [1.807, 2.05) is 35.7 Å². The molecule has 154 valence electrons. The Labute approximate surface area is 184 Å². The first-order valence-corrected chi connectivity index (χ1v) is 11.0. The number of benzene rings is 2. The van der Waals surface area contributed by atoms with Crippen LogP contribution in [0.15, 0.2) is 60.0 Å². The van der Waals surface area contributed by atoms with Gasteiger partial charge >= 0.3 is 6.03 Å². The number of aromatic nitrogens is 1. The molecule has 0 saturated carbocycles. The fourth-order valence-corrected chi connectivity index (χ4v) is 4.18. The molecular formula is C22H21ClN4O2S. The molecule has 6 nitrogen and oxygen atoms in total. The van der Waals surface area contributed by atoms with Crippen LogP contribution in [0.4, 0.5) is 9.93 Å². The molecular weight excluding hydrogens is 420 g/mol. The first-order valence-electron chi connectivity index (χ1n) is 9.72. The zero-order valence-electron chi connectivity index (χ0n) is 16.3. The van der Waals surface area contributed by atoms with Crippen LogP contribution in [0.5, 0.6) is 0 Å². The maximum Gasteiger partial charge on any atom is 0.323 e. The predicted octanol–water partition coefficient (Wildman–Crippen LogP) is 4.84. The van der Waals surface area contributed by atoms with Crippen molar-refractivity contribution in [1.82, 2.24) is 14.8 Å². The summed E-state index contributed by atoms with van der Waals surface area (Å²) in [6, 6.07) is 16.5. The topological polar surface area (TPSA) is 65.5 Å². The summed E-state index contributed by atoms with van der Waals surface area (Å²) in [6.07, 6.45) is 0.722. The Bertz CT molecular complexity index is 1020. The summed E-state index contributed by atoms with van der Waals surface area (Å²) in [4.78, 5) is 33.5. The van der Waals surface area contributed by atoms with E-state index in [2.05, 4.69) is 10.3 Å². The first kappa shape index (κ1) is 20.4. The van der Waals surface area contributed by atoms with Crippen LogP contribution in [0.2, 0.25) is 5.02 Å². The van der Waals surface area contributed by atoms with Crippen molar-refractivity contribution in [2.75, 3.05) is 31.5 Å². The number of nitrogens with zero attached hydrogens (tertiary/aromatic N) is 3. The molecule has 2 heterocycles. The molecule has 0 unspecified atom stereocenters. The standard InChI is InChI=1S/C22H21ClN4O2S/c23-18-9-7-17(8-10-18)20(28)26-11-4-12-27(14-13-26)22(29)25-21-24-19(15-30-21)16-5-2-1-3-6-16/h1-3,5-10,15H,4,11-14H2,(H,24,25,29). The number of rotatable bonds is 3. The third-order valence-corrected chi connectivity index (χ3v) is 5.96. The molecule has 0 atom stereocenters. The molecule has 30 heavy (non-hydrogen) atoms. The zero-order chi connectivity index (χ0) is 20.9. The Morgan fingerprint density at radius 3 is 2.40 bits per heavy atom. The van der Waals surface area contributed by atoms with Gasteiger partial charge in [0.25, 0.3) is 5.91 Å². The van der Waals surface area contributed by atoms with Crippen molar-refractivity contribution in [2.24, 2.45) is 0 Å². The molecule has 0 aliphatic carbocycles. The van der Waals surface area contributed by atoms with Gasteiger partial charge < -0.3 is 9.80 Å². The molecule has 1 aromatic heterocycles. The van der Waals surface area contributed by atoms with Gasteiger partial charge in [0, 0.05) is 47.7 Å². The number of hydrogen-bond acceptors (Lipinski definition) is 4. The van der Waals surface area contributed by atoms with Crippen LogP contribution < -0.4 is 5.32 Å². The Balaban J connectivity index is 1.35. The number of hydrogen-bond donors (Lipinski definition) is 1. The molecule has 1 aliphatic rings. The molecule has 0 spiro atoms. The predicted molar refractivity (Wildman–Crippen MR) is 120 cm³/mol. The highest BCUT2D eigenvalue weighted by atomic mass is 35.5. The zero-order valence-corrected chi connectivity index (χ0v) is 17.8. The fourth-order valence-electron chi connectivity index (χ4n) is 3.34. The second-order valence-corrected chi connectivity index (χ2v) is 8.27. The lowest BCUT2D eigenvalue weighted by molar-refractivity contribution is 0.0762. The van der Waals surface area contributed by atoms with E-state index in [4.69, 9.17) is 11.6 Å². The van der Waals surface area contributed by atoms with Gasteiger partial charge in [-0.25, -0.2) is 9.78 Å². The van der Waals surface area contributed by atoms with E-state index in [-0.39, 0.29) is 11.9 Å². The minimum atomic E-state index is -0.190. The second kappa shape index (κ2) is 9.28. The van der Waals surface area contributed by atoms with Crippen LogP contribution in [0.3, 0.4) is 0 Å². The van der Waals surface area contributed by atoms with E-state index in [0.29, 0.717) is 41.9 Å². The van der Waals surface area contributed by atoms with Gasteiger partial charge in [-0.1, -0.05) is 41.9 Å². The summed E-state index contributed by atoms with van der Waals surface area (Å²) in [7, 11) is 0. The Morgan fingerprint density at radius 2 is 1.63 bits per heavy atom. The van der Waals surface area contributed by atoms with Crippen molar-refractivity contribution in [2.45, 2.75) is 6.42 Å².